The van der Waals surface area contributed by atoms with E-state index in [4.69, 9.17) is 4.74 Å². The van der Waals surface area contributed by atoms with E-state index in [1.165, 1.54) is 18.0 Å². The SMILES string of the molecule is CSNc1ccc2c(c1)OC(C)(C)C(C#N)=C2c1ccc(C)c(F)c1. The van der Waals surface area contributed by atoms with Crippen LogP contribution in [0.4, 0.5) is 10.1 Å². The molecule has 0 spiro atoms. The van der Waals surface area contributed by atoms with Crippen molar-refractivity contribution in [1.29, 1.82) is 5.26 Å². The zero-order chi connectivity index (χ0) is 18.2. The number of fused-ring (bicyclic) bond motifs is 1. The topological polar surface area (TPSA) is 45.0 Å². The van der Waals surface area contributed by atoms with E-state index in [1.54, 1.807) is 13.0 Å². The monoisotopic (exact) mass is 354 g/mol. The molecule has 0 amide bonds. The maximum Gasteiger partial charge on any atom is 0.139 e. The van der Waals surface area contributed by atoms with Gasteiger partial charge in [0.15, 0.2) is 0 Å². The molecule has 2 aromatic rings. The van der Waals surface area contributed by atoms with Crippen molar-refractivity contribution in [3.05, 3.63) is 64.5 Å². The Morgan fingerprint density at radius 1 is 1.20 bits per heavy atom. The fourth-order valence-corrected chi connectivity index (χ4v) is 3.36. The zero-order valence-electron chi connectivity index (χ0n) is 14.6. The van der Waals surface area contributed by atoms with Crippen LogP contribution in [0.25, 0.3) is 5.57 Å². The smallest absolute Gasteiger partial charge is 0.139 e. The normalized spacial score (nSPS) is 15.2. The molecule has 1 N–H and O–H groups in total. The first-order valence-corrected chi connectivity index (χ1v) is 9.13. The van der Waals surface area contributed by atoms with Gasteiger partial charge in [-0.2, -0.15) is 5.26 Å². The number of rotatable bonds is 3. The number of halogens is 1. The molecule has 0 aromatic heterocycles. The van der Waals surface area contributed by atoms with E-state index >= 15 is 0 Å². The molecule has 0 bridgehead atoms. The molecule has 1 aliphatic heterocycles. The van der Waals surface area contributed by atoms with E-state index in [0.717, 1.165) is 16.8 Å². The number of nitriles is 1. The second kappa shape index (κ2) is 6.45. The molecule has 2 aromatic carbocycles. The molecule has 0 fully saturated rings. The first-order valence-electron chi connectivity index (χ1n) is 7.91. The minimum absolute atomic E-state index is 0.284. The van der Waals surface area contributed by atoms with Crippen molar-refractivity contribution in [2.24, 2.45) is 0 Å². The van der Waals surface area contributed by atoms with Gasteiger partial charge in [-0.05, 0) is 50.1 Å². The molecule has 0 radical (unpaired) electrons. The Hall–Kier alpha value is -2.45. The summed E-state index contributed by atoms with van der Waals surface area (Å²) in [5.74, 6) is 0.396. The van der Waals surface area contributed by atoms with Crippen molar-refractivity contribution in [2.45, 2.75) is 26.4 Å². The lowest BCUT2D eigenvalue weighted by atomic mass is 9.83. The van der Waals surface area contributed by atoms with Crippen LogP contribution in [0.15, 0.2) is 42.0 Å². The van der Waals surface area contributed by atoms with Gasteiger partial charge >= 0.3 is 0 Å². The summed E-state index contributed by atoms with van der Waals surface area (Å²) >= 11 is 1.49. The van der Waals surface area contributed by atoms with Gasteiger partial charge in [-0.25, -0.2) is 4.39 Å². The number of nitrogens with one attached hydrogen (secondary N) is 1. The highest BCUT2D eigenvalue weighted by Crippen LogP contribution is 2.44. The predicted octanol–water partition coefficient (Wildman–Crippen LogP) is 5.32. The quantitative estimate of drug-likeness (QED) is 0.758. The fourth-order valence-electron chi connectivity index (χ4n) is 3.00. The van der Waals surface area contributed by atoms with Crippen LogP contribution in [0.2, 0.25) is 0 Å². The van der Waals surface area contributed by atoms with Crippen LogP contribution in [0, 0.1) is 24.1 Å². The number of anilines is 1. The van der Waals surface area contributed by atoms with Gasteiger partial charge in [-0.15, -0.1) is 0 Å². The Kier molecular flexibility index (Phi) is 4.49. The molecule has 0 saturated heterocycles. The van der Waals surface area contributed by atoms with Crippen LogP contribution in [0.5, 0.6) is 5.75 Å². The van der Waals surface area contributed by atoms with E-state index in [-0.39, 0.29) is 5.82 Å². The number of aryl methyl sites for hydroxylation is 1. The Bertz CT molecular complexity index is 912. The average molecular weight is 354 g/mol. The molecule has 1 heterocycles. The van der Waals surface area contributed by atoms with Crippen molar-refractivity contribution in [3.8, 4) is 11.8 Å². The molecule has 5 heteroatoms. The van der Waals surface area contributed by atoms with Gasteiger partial charge in [0, 0.05) is 29.1 Å². The number of hydrogen-bond donors (Lipinski definition) is 1. The summed E-state index contributed by atoms with van der Waals surface area (Å²) in [6.45, 7) is 5.43. The number of ether oxygens (including phenoxy) is 1. The predicted molar refractivity (Wildman–Crippen MR) is 101 cm³/mol. The Balaban J connectivity index is 2.27. The van der Waals surface area contributed by atoms with Crippen molar-refractivity contribution in [3.63, 3.8) is 0 Å². The summed E-state index contributed by atoms with van der Waals surface area (Å²) in [6, 6.07) is 13.1. The second-order valence-corrected chi connectivity index (χ2v) is 7.07. The van der Waals surface area contributed by atoms with Gasteiger partial charge in [0.05, 0.1) is 11.6 Å². The Morgan fingerprint density at radius 3 is 2.60 bits per heavy atom. The first kappa shape index (κ1) is 17.4. The van der Waals surface area contributed by atoms with Gasteiger partial charge < -0.3 is 9.46 Å². The molecular formula is C20H19FN2OS. The van der Waals surface area contributed by atoms with E-state index in [0.29, 0.717) is 22.4 Å². The summed E-state index contributed by atoms with van der Waals surface area (Å²) < 4.78 is 23.4. The number of hydrogen-bond acceptors (Lipinski definition) is 4. The third-order valence-corrected chi connectivity index (χ3v) is 4.70. The van der Waals surface area contributed by atoms with Gasteiger partial charge in [0.2, 0.25) is 0 Å². The van der Waals surface area contributed by atoms with Gasteiger partial charge in [0.25, 0.3) is 0 Å². The average Bonchev–Trinajstić information content (AvgIpc) is 2.55. The van der Waals surface area contributed by atoms with E-state index < -0.39 is 5.60 Å². The molecular weight excluding hydrogens is 335 g/mol. The maximum absolute atomic E-state index is 14.1. The molecule has 3 rings (SSSR count). The van der Waals surface area contributed by atoms with E-state index in [2.05, 4.69) is 10.8 Å². The minimum atomic E-state index is -0.795. The highest BCUT2D eigenvalue weighted by molar-refractivity contribution is 7.99. The van der Waals surface area contributed by atoms with Gasteiger partial charge in [-0.1, -0.05) is 24.1 Å². The third kappa shape index (κ3) is 3.10. The molecule has 128 valence electrons. The van der Waals surface area contributed by atoms with Gasteiger partial charge in [-0.3, -0.25) is 0 Å². The molecule has 0 atom stereocenters. The molecule has 0 saturated carbocycles. The van der Waals surface area contributed by atoms with Crippen LogP contribution in [-0.2, 0) is 0 Å². The minimum Gasteiger partial charge on any atom is -0.482 e. The Morgan fingerprint density at radius 2 is 1.96 bits per heavy atom. The van der Waals surface area contributed by atoms with E-state index in [1.807, 2.05) is 44.4 Å². The molecule has 0 aliphatic carbocycles. The van der Waals surface area contributed by atoms with Crippen LogP contribution in [0.1, 0.15) is 30.5 Å². The fraction of sp³-hybridized carbons (Fsp3) is 0.250. The second-order valence-electron chi connectivity index (χ2n) is 6.46. The highest BCUT2D eigenvalue weighted by atomic mass is 32.2. The number of benzene rings is 2. The van der Waals surface area contributed by atoms with Crippen molar-refractivity contribution >= 4 is 23.2 Å². The zero-order valence-corrected chi connectivity index (χ0v) is 15.4. The summed E-state index contributed by atoms with van der Waals surface area (Å²) in [5, 5.41) is 9.75. The molecule has 0 unspecified atom stereocenters. The highest BCUT2D eigenvalue weighted by Gasteiger charge is 2.36. The van der Waals surface area contributed by atoms with E-state index in [9.17, 15) is 9.65 Å². The van der Waals surface area contributed by atoms with Crippen molar-refractivity contribution < 1.29 is 9.13 Å². The lowest BCUT2D eigenvalue weighted by Crippen LogP contribution is -2.34. The summed E-state index contributed by atoms with van der Waals surface area (Å²) in [7, 11) is 0. The van der Waals surface area contributed by atoms with Crippen LogP contribution >= 0.6 is 11.9 Å². The number of nitrogens with zero attached hydrogens (tertiary/aromatic N) is 1. The summed E-state index contributed by atoms with van der Waals surface area (Å²) in [5.41, 5.74) is 3.40. The molecule has 3 nitrogen and oxygen atoms in total. The van der Waals surface area contributed by atoms with Crippen molar-refractivity contribution in [1.82, 2.24) is 0 Å². The largest absolute Gasteiger partial charge is 0.482 e. The summed E-state index contributed by atoms with van der Waals surface area (Å²) in [6.07, 6.45) is 1.94. The lowest BCUT2D eigenvalue weighted by Gasteiger charge is -2.34. The van der Waals surface area contributed by atoms with Crippen LogP contribution in [0.3, 0.4) is 0 Å². The third-order valence-electron chi connectivity index (χ3n) is 4.26. The van der Waals surface area contributed by atoms with Crippen LogP contribution < -0.4 is 9.46 Å². The standard InChI is InChI=1S/C20H19FN2OS/c1-12-5-6-13(9-17(12)21)19-15-8-7-14(23-25-4)10-18(15)24-20(2,3)16(19)11-22/h5-10,23H,1-4H3. The maximum atomic E-state index is 14.1. The molecule has 25 heavy (non-hydrogen) atoms. The first-order chi connectivity index (χ1) is 11.9. The Labute approximate surface area is 151 Å². The van der Waals surface area contributed by atoms with Crippen LogP contribution in [-0.4, -0.2) is 11.9 Å². The van der Waals surface area contributed by atoms with Crippen molar-refractivity contribution in [2.75, 3.05) is 11.0 Å². The molecule has 1 aliphatic rings. The van der Waals surface area contributed by atoms with Gasteiger partial charge in [0.1, 0.15) is 17.2 Å². The summed E-state index contributed by atoms with van der Waals surface area (Å²) in [4.78, 5) is 0. The lowest BCUT2D eigenvalue weighted by molar-refractivity contribution is 0.149.